The molecule has 3 rings (SSSR count). The molecule has 5 heteroatoms. The van der Waals surface area contributed by atoms with Gasteiger partial charge in [0.05, 0.1) is 6.04 Å². The highest BCUT2D eigenvalue weighted by molar-refractivity contribution is 7.98. The van der Waals surface area contributed by atoms with Crippen molar-refractivity contribution in [1.82, 2.24) is 10.2 Å². The smallest absolute Gasteiger partial charge is 0.241 e. The Morgan fingerprint density at radius 2 is 1.90 bits per heavy atom. The van der Waals surface area contributed by atoms with Crippen LogP contribution in [0.2, 0.25) is 0 Å². The fourth-order valence-electron chi connectivity index (χ4n) is 3.14. The number of carbonyl (C=O) groups excluding carboxylic acids is 1. The van der Waals surface area contributed by atoms with Crippen LogP contribution < -0.4 is 5.32 Å². The number of carbonyl (C=O) groups is 1. The highest BCUT2D eigenvalue weighted by atomic mass is 32.2. The summed E-state index contributed by atoms with van der Waals surface area (Å²) < 4.78 is 5.43. The summed E-state index contributed by atoms with van der Waals surface area (Å²) in [6.45, 7) is 3.45. The normalized spacial score (nSPS) is 27.3. The minimum Gasteiger partial charge on any atom is -0.381 e. The topological polar surface area (TPSA) is 41.6 Å². The van der Waals surface area contributed by atoms with Crippen molar-refractivity contribution in [2.75, 3.05) is 19.5 Å². The highest BCUT2D eigenvalue weighted by Crippen LogP contribution is 2.31. The summed E-state index contributed by atoms with van der Waals surface area (Å²) in [7, 11) is 0. The van der Waals surface area contributed by atoms with Crippen molar-refractivity contribution in [2.45, 2.75) is 42.9 Å². The molecule has 21 heavy (non-hydrogen) atoms. The molecule has 1 aromatic rings. The largest absolute Gasteiger partial charge is 0.381 e. The van der Waals surface area contributed by atoms with E-state index in [4.69, 9.17) is 4.74 Å². The Balaban J connectivity index is 1.85. The number of ether oxygens (including phenoxy) is 1. The molecule has 0 aromatic heterocycles. The number of nitrogens with one attached hydrogen (secondary N) is 1. The molecule has 1 aromatic carbocycles. The summed E-state index contributed by atoms with van der Waals surface area (Å²) in [4.78, 5) is 15.8. The van der Waals surface area contributed by atoms with Crippen LogP contribution in [0.1, 0.15) is 31.5 Å². The Morgan fingerprint density at radius 3 is 2.52 bits per heavy atom. The van der Waals surface area contributed by atoms with E-state index in [9.17, 15) is 4.79 Å². The van der Waals surface area contributed by atoms with Crippen molar-refractivity contribution in [2.24, 2.45) is 0 Å². The van der Waals surface area contributed by atoms with E-state index < -0.39 is 0 Å². The van der Waals surface area contributed by atoms with Gasteiger partial charge in [-0.2, -0.15) is 0 Å². The molecule has 4 nitrogen and oxygen atoms in total. The third kappa shape index (κ3) is 2.96. The van der Waals surface area contributed by atoms with Crippen LogP contribution in [0.3, 0.4) is 0 Å². The summed E-state index contributed by atoms with van der Waals surface area (Å²) in [5.74, 6) is 0.209. The lowest BCUT2D eigenvalue weighted by Gasteiger charge is -2.35. The predicted molar refractivity (Wildman–Crippen MR) is 84.2 cm³/mol. The average Bonchev–Trinajstić information content (AvgIpc) is 2.84. The van der Waals surface area contributed by atoms with Crippen LogP contribution in [0.25, 0.3) is 0 Å². The quantitative estimate of drug-likeness (QED) is 0.871. The van der Waals surface area contributed by atoms with Crippen LogP contribution in [0.5, 0.6) is 0 Å². The molecule has 2 unspecified atom stereocenters. The lowest BCUT2D eigenvalue weighted by atomic mass is 10.0. The van der Waals surface area contributed by atoms with Gasteiger partial charge in [-0.1, -0.05) is 12.1 Å². The third-order valence-corrected chi connectivity index (χ3v) is 5.07. The number of rotatable bonds is 3. The zero-order valence-electron chi connectivity index (χ0n) is 12.5. The molecule has 2 aliphatic rings. The molecule has 1 N–H and O–H groups in total. The van der Waals surface area contributed by atoms with Gasteiger partial charge in [0.25, 0.3) is 0 Å². The zero-order valence-corrected chi connectivity index (χ0v) is 13.4. The van der Waals surface area contributed by atoms with E-state index in [1.165, 1.54) is 4.90 Å². The van der Waals surface area contributed by atoms with Crippen LogP contribution >= 0.6 is 11.8 Å². The van der Waals surface area contributed by atoms with Crippen molar-refractivity contribution < 1.29 is 9.53 Å². The van der Waals surface area contributed by atoms with Gasteiger partial charge in [-0.05, 0) is 43.7 Å². The molecule has 2 aliphatic heterocycles. The van der Waals surface area contributed by atoms with Crippen LogP contribution in [-0.4, -0.2) is 42.4 Å². The lowest BCUT2D eigenvalue weighted by Crippen LogP contribution is -2.43. The minimum atomic E-state index is -0.113. The SMILES string of the molecule is CSc1ccc(C2NC(C)C(=O)N2C2CCOCC2)cc1. The van der Waals surface area contributed by atoms with Gasteiger partial charge in [-0.25, -0.2) is 0 Å². The molecule has 0 bridgehead atoms. The second-order valence-corrected chi connectivity index (χ2v) is 6.53. The molecule has 114 valence electrons. The maximum atomic E-state index is 12.5. The molecular formula is C16H22N2O2S. The van der Waals surface area contributed by atoms with Crippen LogP contribution in [0.15, 0.2) is 29.2 Å². The van der Waals surface area contributed by atoms with Crippen molar-refractivity contribution in [3.8, 4) is 0 Å². The van der Waals surface area contributed by atoms with Gasteiger partial charge in [-0.15, -0.1) is 11.8 Å². The molecule has 2 fully saturated rings. The summed E-state index contributed by atoms with van der Waals surface area (Å²) in [6, 6.07) is 8.67. The van der Waals surface area contributed by atoms with Gasteiger partial charge in [-0.3, -0.25) is 10.1 Å². The van der Waals surface area contributed by atoms with E-state index in [0.29, 0.717) is 0 Å². The second-order valence-electron chi connectivity index (χ2n) is 5.65. The number of thioether (sulfide) groups is 1. The molecule has 0 saturated carbocycles. The number of benzene rings is 1. The molecule has 0 aliphatic carbocycles. The maximum Gasteiger partial charge on any atom is 0.241 e. The molecule has 0 radical (unpaired) electrons. The van der Waals surface area contributed by atoms with Gasteiger partial charge in [0.15, 0.2) is 0 Å². The Hall–Kier alpha value is -1.04. The molecule has 2 heterocycles. The van der Waals surface area contributed by atoms with Crippen molar-refractivity contribution in [3.63, 3.8) is 0 Å². The van der Waals surface area contributed by atoms with Crippen molar-refractivity contribution in [3.05, 3.63) is 29.8 Å². The summed E-state index contributed by atoms with van der Waals surface area (Å²) >= 11 is 1.73. The van der Waals surface area contributed by atoms with E-state index in [0.717, 1.165) is 31.6 Å². The van der Waals surface area contributed by atoms with Gasteiger partial charge in [0, 0.05) is 24.2 Å². The third-order valence-electron chi connectivity index (χ3n) is 4.33. The summed E-state index contributed by atoms with van der Waals surface area (Å²) in [5, 5.41) is 3.43. The number of amides is 1. The number of hydrogen-bond donors (Lipinski definition) is 1. The fourth-order valence-corrected chi connectivity index (χ4v) is 3.54. The van der Waals surface area contributed by atoms with Crippen LogP contribution in [0.4, 0.5) is 0 Å². The molecule has 2 atom stereocenters. The summed E-state index contributed by atoms with van der Waals surface area (Å²) in [5.41, 5.74) is 1.16. The van der Waals surface area contributed by atoms with Gasteiger partial charge in [0.1, 0.15) is 6.17 Å². The van der Waals surface area contributed by atoms with Crippen molar-refractivity contribution in [1.29, 1.82) is 0 Å². The molecule has 1 amide bonds. The van der Waals surface area contributed by atoms with Gasteiger partial charge >= 0.3 is 0 Å². The minimum absolute atomic E-state index is 0.00786. The lowest BCUT2D eigenvalue weighted by molar-refractivity contribution is -0.134. The van der Waals surface area contributed by atoms with Crippen molar-refractivity contribution >= 4 is 17.7 Å². The monoisotopic (exact) mass is 306 g/mol. The maximum absolute atomic E-state index is 12.5. The molecular weight excluding hydrogens is 284 g/mol. The van der Waals surface area contributed by atoms with E-state index in [2.05, 4.69) is 35.8 Å². The van der Waals surface area contributed by atoms with Gasteiger partial charge in [0.2, 0.25) is 5.91 Å². The Morgan fingerprint density at radius 1 is 1.24 bits per heavy atom. The van der Waals surface area contributed by atoms with Crippen LogP contribution in [-0.2, 0) is 9.53 Å². The zero-order chi connectivity index (χ0) is 14.8. The Kier molecular flexibility index (Phi) is 4.52. The molecule has 0 spiro atoms. The standard InChI is InChI=1S/C16H22N2O2S/c1-11-16(19)18(13-7-9-20-10-8-13)15(17-11)12-3-5-14(21-2)6-4-12/h3-6,11,13,15,17H,7-10H2,1-2H3. The van der Waals surface area contributed by atoms with Crippen LogP contribution in [0, 0.1) is 0 Å². The first-order valence-corrected chi connectivity index (χ1v) is 8.73. The average molecular weight is 306 g/mol. The van der Waals surface area contributed by atoms with E-state index >= 15 is 0 Å². The fraction of sp³-hybridized carbons (Fsp3) is 0.562. The number of hydrogen-bond acceptors (Lipinski definition) is 4. The Labute approximate surface area is 130 Å². The van der Waals surface area contributed by atoms with Gasteiger partial charge < -0.3 is 9.64 Å². The van der Waals surface area contributed by atoms with E-state index in [1.807, 2.05) is 11.8 Å². The molecule has 2 saturated heterocycles. The predicted octanol–water partition coefficient (Wildman–Crippen LogP) is 2.41. The van der Waals surface area contributed by atoms with E-state index in [-0.39, 0.29) is 24.2 Å². The van der Waals surface area contributed by atoms with E-state index in [1.54, 1.807) is 11.8 Å². The first kappa shape index (κ1) is 14.9. The number of nitrogens with zero attached hydrogens (tertiary/aromatic N) is 1. The second kappa shape index (κ2) is 6.38. The first-order chi connectivity index (χ1) is 10.2. The Bertz CT molecular complexity index is 500. The summed E-state index contributed by atoms with van der Waals surface area (Å²) in [6.07, 6.45) is 3.92. The highest BCUT2D eigenvalue weighted by Gasteiger charge is 2.41. The first-order valence-electron chi connectivity index (χ1n) is 7.50.